The van der Waals surface area contributed by atoms with Gasteiger partial charge < -0.3 is 9.47 Å². The molecule has 6 heteroatoms. The van der Waals surface area contributed by atoms with Gasteiger partial charge in [-0.1, -0.05) is 0 Å². The first-order valence-electron chi connectivity index (χ1n) is 4.50. The first-order chi connectivity index (χ1) is 7.28. The molecule has 0 atom stereocenters. The molecule has 0 aliphatic carbocycles. The minimum atomic E-state index is -0.739. The van der Waals surface area contributed by atoms with Crippen LogP contribution in [-0.2, 0) is 4.74 Å². The summed E-state index contributed by atoms with van der Waals surface area (Å²) in [6, 6.07) is 1.70. The first-order valence-corrected chi connectivity index (χ1v) is 6.37. The van der Waals surface area contributed by atoms with E-state index in [4.69, 9.17) is 9.47 Å². The van der Waals surface area contributed by atoms with E-state index in [0.29, 0.717) is 10.4 Å². The van der Waals surface area contributed by atoms with E-state index >= 15 is 0 Å². The van der Waals surface area contributed by atoms with Gasteiger partial charge in [-0.3, -0.25) is 0 Å². The van der Waals surface area contributed by atoms with Crippen molar-refractivity contribution in [3.05, 3.63) is 20.4 Å². The molecule has 0 fully saturated rings. The number of nitrogens with zero attached hydrogens (tertiary/aromatic N) is 1. The number of pyridine rings is 1. The van der Waals surface area contributed by atoms with Gasteiger partial charge in [0.2, 0.25) is 0 Å². The number of hydrogen-bond donors (Lipinski definition) is 0. The van der Waals surface area contributed by atoms with Crippen LogP contribution in [0.3, 0.4) is 0 Å². The Kier molecular flexibility index (Phi) is 4.54. The Morgan fingerprint density at radius 3 is 2.69 bits per heavy atom. The average Bonchev–Trinajstić information content (AvgIpc) is 2.08. The summed E-state index contributed by atoms with van der Waals surface area (Å²) in [7, 11) is 0. The minimum absolute atomic E-state index is 0.348. The molecule has 1 heterocycles. The van der Waals surface area contributed by atoms with E-state index in [2.05, 4.69) is 43.5 Å². The highest BCUT2D eigenvalue weighted by molar-refractivity contribution is 14.1. The van der Waals surface area contributed by atoms with Crippen molar-refractivity contribution in [2.24, 2.45) is 0 Å². The molecule has 0 aliphatic heterocycles. The predicted molar refractivity (Wildman–Crippen MR) is 71.5 cm³/mol. The van der Waals surface area contributed by atoms with Crippen molar-refractivity contribution in [3.8, 4) is 5.75 Å². The second-order valence-corrected chi connectivity index (χ2v) is 6.01. The number of ether oxygens (including phenoxy) is 2. The monoisotopic (exact) mass is 399 g/mol. The molecule has 0 spiro atoms. The third kappa shape index (κ3) is 4.65. The topological polar surface area (TPSA) is 48.4 Å². The predicted octanol–water partition coefficient (Wildman–Crippen LogP) is 3.76. The molecule has 16 heavy (non-hydrogen) atoms. The lowest BCUT2D eigenvalue weighted by Gasteiger charge is -2.18. The van der Waals surface area contributed by atoms with Gasteiger partial charge in [-0.15, -0.1) is 0 Å². The molecule has 0 amide bonds. The van der Waals surface area contributed by atoms with Gasteiger partial charge in [-0.05, 0) is 65.4 Å². The molecule has 1 aromatic heterocycles. The first kappa shape index (κ1) is 13.7. The second kappa shape index (κ2) is 5.31. The Morgan fingerprint density at radius 2 is 2.12 bits per heavy atom. The van der Waals surface area contributed by atoms with E-state index in [9.17, 15) is 4.79 Å². The number of carbonyl (C=O) groups excluding carboxylic acids is 1. The van der Waals surface area contributed by atoms with Gasteiger partial charge in [-0.2, -0.15) is 0 Å². The zero-order valence-corrected chi connectivity index (χ0v) is 12.8. The molecule has 0 aliphatic rings. The number of aromatic nitrogens is 1. The Labute approximate surface area is 116 Å². The van der Waals surface area contributed by atoms with Crippen LogP contribution in [0, 0.1) is 3.57 Å². The number of hydrogen-bond acceptors (Lipinski definition) is 4. The average molecular weight is 400 g/mol. The standard InChI is InChI=1S/C10H11BrINO3/c1-10(2,3)16-9(14)15-7-4-6(12)5-13-8(7)11/h4-5H,1-3H3. The van der Waals surface area contributed by atoms with Gasteiger partial charge in [0.05, 0.1) is 0 Å². The van der Waals surface area contributed by atoms with Crippen LogP contribution in [0.25, 0.3) is 0 Å². The van der Waals surface area contributed by atoms with Gasteiger partial charge in [0.1, 0.15) is 10.2 Å². The lowest BCUT2D eigenvalue weighted by atomic mass is 10.2. The maximum atomic E-state index is 11.4. The van der Waals surface area contributed by atoms with Crippen molar-refractivity contribution in [2.75, 3.05) is 0 Å². The van der Waals surface area contributed by atoms with E-state index < -0.39 is 11.8 Å². The maximum absolute atomic E-state index is 11.4. The lowest BCUT2D eigenvalue weighted by molar-refractivity contribution is 0.0203. The minimum Gasteiger partial charge on any atom is -0.428 e. The number of rotatable bonds is 1. The maximum Gasteiger partial charge on any atom is 0.514 e. The van der Waals surface area contributed by atoms with Crippen LogP contribution in [0.1, 0.15) is 20.8 Å². The van der Waals surface area contributed by atoms with Gasteiger partial charge >= 0.3 is 6.16 Å². The summed E-state index contributed by atoms with van der Waals surface area (Å²) >= 11 is 5.27. The molecule has 0 unspecified atom stereocenters. The zero-order valence-electron chi connectivity index (χ0n) is 9.08. The molecule has 0 N–H and O–H groups in total. The summed E-state index contributed by atoms with van der Waals surface area (Å²) in [6.07, 6.45) is 0.920. The van der Waals surface area contributed by atoms with Crippen molar-refractivity contribution in [2.45, 2.75) is 26.4 Å². The summed E-state index contributed by atoms with van der Waals surface area (Å²) < 4.78 is 11.4. The van der Waals surface area contributed by atoms with Crippen LogP contribution in [0.5, 0.6) is 5.75 Å². The highest BCUT2D eigenvalue weighted by atomic mass is 127. The van der Waals surface area contributed by atoms with Gasteiger partial charge in [0.25, 0.3) is 0 Å². The fraction of sp³-hybridized carbons (Fsp3) is 0.400. The number of halogens is 2. The van der Waals surface area contributed by atoms with E-state index in [1.54, 1.807) is 33.0 Å². The fourth-order valence-electron chi connectivity index (χ4n) is 0.836. The van der Waals surface area contributed by atoms with Gasteiger partial charge in [-0.25, -0.2) is 9.78 Å². The van der Waals surface area contributed by atoms with Crippen molar-refractivity contribution in [3.63, 3.8) is 0 Å². The fourth-order valence-corrected chi connectivity index (χ4v) is 1.56. The summed E-state index contributed by atoms with van der Waals surface area (Å²) in [4.78, 5) is 15.4. The molecule has 0 saturated heterocycles. The van der Waals surface area contributed by atoms with Crippen LogP contribution in [0.2, 0.25) is 0 Å². The van der Waals surface area contributed by atoms with Crippen LogP contribution in [0.15, 0.2) is 16.9 Å². The summed E-state index contributed by atoms with van der Waals surface area (Å²) in [5.41, 5.74) is -0.571. The lowest BCUT2D eigenvalue weighted by Crippen LogP contribution is -2.26. The highest BCUT2D eigenvalue weighted by Crippen LogP contribution is 2.25. The molecule has 0 bridgehead atoms. The largest absolute Gasteiger partial charge is 0.514 e. The smallest absolute Gasteiger partial charge is 0.428 e. The Balaban J connectivity index is 2.73. The molecule has 0 saturated carbocycles. The van der Waals surface area contributed by atoms with Crippen LogP contribution >= 0.6 is 38.5 Å². The molecule has 1 aromatic rings. The molecular weight excluding hydrogens is 389 g/mol. The third-order valence-corrected chi connectivity index (χ3v) is 2.54. The van der Waals surface area contributed by atoms with Crippen molar-refractivity contribution in [1.82, 2.24) is 4.98 Å². The molecule has 0 radical (unpaired) electrons. The van der Waals surface area contributed by atoms with E-state index in [1.807, 2.05) is 0 Å². The second-order valence-electron chi connectivity index (χ2n) is 4.01. The van der Waals surface area contributed by atoms with E-state index in [-0.39, 0.29) is 0 Å². The third-order valence-electron chi connectivity index (χ3n) is 1.36. The normalized spacial score (nSPS) is 11.1. The Morgan fingerprint density at radius 1 is 1.50 bits per heavy atom. The number of carbonyl (C=O) groups is 1. The summed E-state index contributed by atoms with van der Waals surface area (Å²) in [5, 5.41) is 0. The molecule has 1 rings (SSSR count). The molecule has 0 aromatic carbocycles. The van der Waals surface area contributed by atoms with Gasteiger partial charge in [0, 0.05) is 9.77 Å². The van der Waals surface area contributed by atoms with Crippen molar-refractivity contribution in [1.29, 1.82) is 0 Å². The quantitative estimate of drug-likeness (QED) is 0.409. The van der Waals surface area contributed by atoms with E-state index in [1.165, 1.54) is 0 Å². The van der Waals surface area contributed by atoms with Crippen LogP contribution in [-0.4, -0.2) is 16.7 Å². The molecule has 4 nitrogen and oxygen atoms in total. The Bertz CT molecular complexity index is 404. The van der Waals surface area contributed by atoms with E-state index in [0.717, 1.165) is 3.57 Å². The Hall–Kier alpha value is -0.370. The van der Waals surface area contributed by atoms with Crippen molar-refractivity contribution >= 4 is 44.7 Å². The summed E-state index contributed by atoms with van der Waals surface area (Å²) in [5.74, 6) is 0.348. The molecular formula is C10H11BrINO3. The van der Waals surface area contributed by atoms with Crippen LogP contribution in [0.4, 0.5) is 4.79 Å². The van der Waals surface area contributed by atoms with Crippen LogP contribution < -0.4 is 4.74 Å². The zero-order chi connectivity index (χ0) is 12.3. The SMILES string of the molecule is CC(C)(C)OC(=O)Oc1cc(I)cnc1Br. The summed E-state index contributed by atoms with van der Waals surface area (Å²) in [6.45, 7) is 5.32. The highest BCUT2D eigenvalue weighted by Gasteiger charge is 2.19. The molecule has 88 valence electrons. The van der Waals surface area contributed by atoms with Crippen molar-refractivity contribution < 1.29 is 14.3 Å². The van der Waals surface area contributed by atoms with Gasteiger partial charge in [0.15, 0.2) is 5.75 Å².